The molecule has 0 unspecified atom stereocenters. The van der Waals surface area contributed by atoms with Gasteiger partial charge in [0, 0.05) is 18.5 Å². The Kier molecular flexibility index (Phi) is 7.11. The highest BCUT2D eigenvalue weighted by Crippen LogP contribution is 2.14. The maximum absolute atomic E-state index is 12.0. The number of hydrogen-bond donors (Lipinski definition) is 2. The van der Waals surface area contributed by atoms with Crippen LogP contribution in [0.4, 0.5) is 5.69 Å². The van der Waals surface area contributed by atoms with Gasteiger partial charge < -0.3 is 10.1 Å². The molecule has 0 atom stereocenters. The van der Waals surface area contributed by atoms with E-state index in [0.29, 0.717) is 5.71 Å². The normalized spacial score (nSPS) is 11.0. The summed E-state index contributed by atoms with van der Waals surface area (Å²) in [6.07, 6.45) is 0.159. The lowest BCUT2D eigenvalue weighted by Crippen LogP contribution is -2.21. The molecule has 2 amide bonds. The lowest BCUT2D eigenvalue weighted by atomic mass is 10.1. The van der Waals surface area contributed by atoms with Gasteiger partial charge >= 0.3 is 0 Å². The fraction of sp³-hybridized carbons (Fsp3) is 0.286. The van der Waals surface area contributed by atoms with Gasteiger partial charge in [-0.15, -0.1) is 0 Å². The monoisotopic (exact) mass is 367 g/mol. The largest absolute Gasteiger partial charge is 0.497 e. The summed E-state index contributed by atoms with van der Waals surface area (Å²) in [5, 5.41) is 6.88. The molecule has 0 spiro atoms. The van der Waals surface area contributed by atoms with Crippen LogP contribution in [0, 0.1) is 13.8 Å². The average Bonchev–Trinajstić information content (AvgIpc) is 2.67. The topological polar surface area (TPSA) is 79.8 Å². The predicted molar refractivity (Wildman–Crippen MR) is 107 cm³/mol. The Morgan fingerprint density at radius 2 is 1.63 bits per heavy atom. The summed E-state index contributed by atoms with van der Waals surface area (Å²) in [6, 6.07) is 13.1. The van der Waals surface area contributed by atoms with Crippen molar-refractivity contribution < 1.29 is 14.3 Å². The van der Waals surface area contributed by atoms with E-state index in [1.165, 1.54) is 0 Å². The highest BCUT2D eigenvalue weighted by atomic mass is 16.5. The van der Waals surface area contributed by atoms with Crippen molar-refractivity contribution in [2.24, 2.45) is 5.10 Å². The third-order valence-corrected chi connectivity index (χ3v) is 4.23. The fourth-order valence-corrected chi connectivity index (χ4v) is 2.37. The third kappa shape index (κ3) is 6.26. The zero-order valence-electron chi connectivity index (χ0n) is 16.1. The number of benzene rings is 2. The molecule has 6 nitrogen and oxygen atoms in total. The zero-order valence-corrected chi connectivity index (χ0v) is 16.1. The maximum atomic E-state index is 12.0. The zero-order chi connectivity index (χ0) is 19.8. The van der Waals surface area contributed by atoms with Crippen molar-refractivity contribution in [1.29, 1.82) is 0 Å². The summed E-state index contributed by atoms with van der Waals surface area (Å²) in [5.41, 5.74) is 7.04. The van der Waals surface area contributed by atoms with Crippen molar-refractivity contribution >= 4 is 23.2 Å². The Bertz CT molecular complexity index is 842. The Hall–Kier alpha value is -3.15. The molecule has 2 rings (SSSR count). The molecule has 0 radical (unpaired) electrons. The summed E-state index contributed by atoms with van der Waals surface area (Å²) in [5.74, 6) is 0.243. The van der Waals surface area contributed by atoms with Crippen LogP contribution in [-0.2, 0) is 9.59 Å². The van der Waals surface area contributed by atoms with Gasteiger partial charge in [0.1, 0.15) is 5.75 Å². The quantitative estimate of drug-likeness (QED) is 0.580. The number of methoxy groups -OCH3 is 1. The number of carbonyl (C=O) groups excluding carboxylic acids is 2. The molecular weight excluding hydrogens is 342 g/mol. The Labute approximate surface area is 159 Å². The van der Waals surface area contributed by atoms with Gasteiger partial charge in [0.2, 0.25) is 11.8 Å². The van der Waals surface area contributed by atoms with Crippen molar-refractivity contribution in [1.82, 2.24) is 5.43 Å². The molecule has 27 heavy (non-hydrogen) atoms. The molecule has 2 N–H and O–H groups in total. The van der Waals surface area contributed by atoms with Crippen LogP contribution in [0.5, 0.6) is 5.75 Å². The molecule has 0 aliphatic carbocycles. The average molecular weight is 367 g/mol. The second-order valence-corrected chi connectivity index (χ2v) is 6.31. The molecular formula is C21H25N3O3. The van der Waals surface area contributed by atoms with Crippen LogP contribution in [0.15, 0.2) is 47.6 Å². The molecule has 0 fully saturated rings. The van der Waals surface area contributed by atoms with Gasteiger partial charge in [-0.3, -0.25) is 9.59 Å². The van der Waals surface area contributed by atoms with Crippen LogP contribution < -0.4 is 15.5 Å². The number of anilines is 1. The first-order valence-electron chi connectivity index (χ1n) is 8.73. The third-order valence-electron chi connectivity index (χ3n) is 4.23. The van der Waals surface area contributed by atoms with E-state index in [4.69, 9.17) is 4.74 Å². The van der Waals surface area contributed by atoms with Gasteiger partial charge in [-0.05, 0) is 73.9 Å². The number of nitrogens with one attached hydrogen (secondary N) is 2. The number of ether oxygens (including phenoxy) is 1. The van der Waals surface area contributed by atoms with Gasteiger partial charge in [0.25, 0.3) is 0 Å². The van der Waals surface area contributed by atoms with Crippen LogP contribution in [0.3, 0.4) is 0 Å². The van der Waals surface area contributed by atoms with Crippen LogP contribution >= 0.6 is 0 Å². The minimum Gasteiger partial charge on any atom is -0.497 e. The second-order valence-electron chi connectivity index (χ2n) is 6.31. The SMILES string of the molecule is COc1ccc(/C(C)=N/NC(=O)CCC(=O)Nc2ccc(C)c(C)c2)cc1. The van der Waals surface area contributed by atoms with Crippen LogP contribution in [0.25, 0.3) is 0 Å². The van der Waals surface area contributed by atoms with Crippen molar-refractivity contribution in [3.63, 3.8) is 0 Å². The van der Waals surface area contributed by atoms with Crippen molar-refractivity contribution in [2.75, 3.05) is 12.4 Å². The standard InChI is InChI=1S/C21H25N3O3/c1-14-5-8-18(13-15(14)2)22-20(25)11-12-21(26)24-23-16(3)17-6-9-19(27-4)10-7-17/h5-10,13H,11-12H2,1-4H3,(H,22,25)(H,24,26)/b23-16+. The molecule has 6 heteroatoms. The van der Waals surface area contributed by atoms with E-state index in [2.05, 4.69) is 15.8 Å². The van der Waals surface area contributed by atoms with E-state index in [1.54, 1.807) is 14.0 Å². The molecule has 0 saturated carbocycles. The van der Waals surface area contributed by atoms with Gasteiger partial charge in [-0.2, -0.15) is 5.10 Å². The summed E-state index contributed by atoms with van der Waals surface area (Å²) >= 11 is 0. The smallest absolute Gasteiger partial charge is 0.240 e. The van der Waals surface area contributed by atoms with E-state index in [0.717, 1.165) is 28.1 Å². The van der Waals surface area contributed by atoms with Crippen molar-refractivity contribution in [3.8, 4) is 5.75 Å². The van der Waals surface area contributed by atoms with Gasteiger partial charge in [0.05, 0.1) is 12.8 Å². The molecule has 0 heterocycles. The number of rotatable bonds is 7. The van der Waals surface area contributed by atoms with Gasteiger partial charge in [0.15, 0.2) is 0 Å². The number of hydrazone groups is 1. The lowest BCUT2D eigenvalue weighted by Gasteiger charge is -2.07. The van der Waals surface area contributed by atoms with Gasteiger partial charge in [-0.25, -0.2) is 5.43 Å². The Morgan fingerprint density at radius 3 is 2.26 bits per heavy atom. The van der Waals surface area contributed by atoms with E-state index in [1.807, 2.05) is 56.3 Å². The van der Waals surface area contributed by atoms with Crippen LogP contribution in [0.1, 0.15) is 36.5 Å². The summed E-state index contributed by atoms with van der Waals surface area (Å²) in [6.45, 7) is 5.80. The number of amides is 2. The predicted octanol–water partition coefficient (Wildman–Crippen LogP) is 3.57. The Morgan fingerprint density at radius 1 is 0.963 bits per heavy atom. The summed E-state index contributed by atoms with van der Waals surface area (Å²) in [4.78, 5) is 23.9. The number of carbonyl (C=O) groups is 2. The minimum atomic E-state index is -0.307. The van der Waals surface area contributed by atoms with Crippen molar-refractivity contribution in [2.45, 2.75) is 33.6 Å². The van der Waals surface area contributed by atoms with Crippen LogP contribution in [-0.4, -0.2) is 24.6 Å². The summed E-state index contributed by atoms with van der Waals surface area (Å²) < 4.78 is 5.11. The maximum Gasteiger partial charge on any atom is 0.240 e. The highest BCUT2D eigenvalue weighted by Gasteiger charge is 2.08. The van der Waals surface area contributed by atoms with Crippen molar-refractivity contribution in [3.05, 3.63) is 59.2 Å². The minimum absolute atomic E-state index is 0.0655. The summed E-state index contributed by atoms with van der Waals surface area (Å²) in [7, 11) is 1.60. The fourth-order valence-electron chi connectivity index (χ4n) is 2.37. The van der Waals surface area contributed by atoms with Gasteiger partial charge in [-0.1, -0.05) is 6.07 Å². The second kappa shape index (κ2) is 9.52. The molecule has 2 aromatic carbocycles. The molecule has 0 saturated heterocycles. The van der Waals surface area contributed by atoms with Crippen LogP contribution in [0.2, 0.25) is 0 Å². The number of aryl methyl sites for hydroxylation is 2. The first-order valence-corrected chi connectivity index (χ1v) is 8.73. The Balaban J connectivity index is 1.80. The lowest BCUT2D eigenvalue weighted by molar-refractivity contribution is -0.124. The molecule has 0 aromatic heterocycles. The molecule has 0 aliphatic heterocycles. The number of hydrogen-bond acceptors (Lipinski definition) is 4. The first-order chi connectivity index (χ1) is 12.9. The molecule has 0 aliphatic rings. The highest BCUT2D eigenvalue weighted by molar-refractivity contribution is 5.99. The van der Waals surface area contributed by atoms with E-state index < -0.39 is 0 Å². The molecule has 0 bridgehead atoms. The molecule has 2 aromatic rings. The molecule has 142 valence electrons. The van der Waals surface area contributed by atoms with E-state index in [9.17, 15) is 9.59 Å². The number of nitrogens with zero attached hydrogens (tertiary/aromatic N) is 1. The first kappa shape index (κ1) is 20.2. The van der Waals surface area contributed by atoms with E-state index >= 15 is 0 Å². The van der Waals surface area contributed by atoms with E-state index in [-0.39, 0.29) is 24.7 Å².